The normalized spacial score (nSPS) is 13.0. The fourth-order valence-corrected chi connectivity index (χ4v) is 4.05. The second-order valence-corrected chi connectivity index (χ2v) is 7.81. The molecule has 1 atom stereocenters. The Kier molecular flexibility index (Phi) is 6.60. The molecule has 4 rings (SSSR count). The van der Waals surface area contributed by atoms with E-state index in [2.05, 4.69) is 27.9 Å². The van der Waals surface area contributed by atoms with Crippen molar-refractivity contribution in [3.05, 3.63) is 71.4 Å². The monoisotopic (exact) mass is 464 g/mol. The lowest BCUT2D eigenvalue weighted by Gasteiger charge is -2.14. The van der Waals surface area contributed by atoms with Gasteiger partial charge in [-0.15, -0.1) is 0 Å². The third-order valence-electron chi connectivity index (χ3n) is 5.62. The third-order valence-corrected chi connectivity index (χ3v) is 5.62. The van der Waals surface area contributed by atoms with Crippen LogP contribution in [0.15, 0.2) is 54.6 Å². The molecule has 1 heterocycles. The van der Waals surface area contributed by atoms with Gasteiger partial charge in [0, 0.05) is 26.1 Å². The number of fused-ring (bicyclic) bond motifs is 3. The van der Waals surface area contributed by atoms with Crippen LogP contribution in [0.3, 0.4) is 0 Å². The Labute approximate surface area is 195 Å². The van der Waals surface area contributed by atoms with Crippen LogP contribution >= 0.6 is 0 Å². The first kappa shape index (κ1) is 23.0. The summed E-state index contributed by atoms with van der Waals surface area (Å²) in [4.78, 5) is 36.1. The summed E-state index contributed by atoms with van der Waals surface area (Å²) < 4.78 is 11.5. The predicted molar refractivity (Wildman–Crippen MR) is 123 cm³/mol. The van der Waals surface area contributed by atoms with E-state index in [1.54, 1.807) is 0 Å². The van der Waals surface area contributed by atoms with Crippen molar-refractivity contribution in [3.63, 3.8) is 0 Å². The van der Waals surface area contributed by atoms with Gasteiger partial charge in [0.1, 0.15) is 12.3 Å². The van der Waals surface area contributed by atoms with Gasteiger partial charge in [-0.2, -0.15) is 5.10 Å². The molecule has 0 bridgehead atoms. The van der Waals surface area contributed by atoms with Crippen LogP contribution < -0.4 is 10.6 Å². The standard InChI is InChI=1S/C24H24N4O6/c1-28-20(22(29)25-19(13-33-2)23(30)31)11-21(27-28)26-24(32)34-12-18-16-9-5-3-7-14(16)15-8-4-6-10-17(15)18/h3-11,18-19H,12-13H2,1-2H3,(H,25,29)(H,30,31)(H,26,27,32). The van der Waals surface area contributed by atoms with Gasteiger partial charge in [-0.1, -0.05) is 48.5 Å². The molecule has 0 saturated heterocycles. The minimum Gasteiger partial charge on any atom is -0.480 e. The van der Waals surface area contributed by atoms with Crippen molar-refractivity contribution in [2.75, 3.05) is 25.6 Å². The number of methoxy groups -OCH3 is 1. The SMILES string of the molecule is COCC(NC(=O)c1cc(NC(=O)OCC2c3ccccc3-c3ccccc32)nn1C)C(=O)O. The highest BCUT2D eigenvalue weighted by Gasteiger charge is 2.29. The zero-order chi connectivity index (χ0) is 24.2. The maximum absolute atomic E-state index is 12.5. The van der Waals surface area contributed by atoms with Crippen LogP contribution in [-0.2, 0) is 21.3 Å². The molecule has 3 N–H and O–H groups in total. The predicted octanol–water partition coefficient (Wildman–Crippen LogP) is 2.61. The van der Waals surface area contributed by atoms with Gasteiger partial charge in [-0.25, -0.2) is 9.59 Å². The quantitative estimate of drug-likeness (QED) is 0.467. The van der Waals surface area contributed by atoms with Crippen LogP contribution in [0.4, 0.5) is 10.6 Å². The van der Waals surface area contributed by atoms with Crippen molar-refractivity contribution in [1.82, 2.24) is 15.1 Å². The van der Waals surface area contributed by atoms with E-state index in [0.29, 0.717) is 0 Å². The van der Waals surface area contributed by atoms with Crippen molar-refractivity contribution >= 4 is 23.8 Å². The molecule has 10 nitrogen and oxygen atoms in total. The Hall–Kier alpha value is -4.18. The van der Waals surface area contributed by atoms with E-state index >= 15 is 0 Å². The second kappa shape index (κ2) is 9.75. The van der Waals surface area contributed by atoms with Crippen molar-refractivity contribution in [1.29, 1.82) is 0 Å². The maximum Gasteiger partial charge on any atom is 0.412 e. The zero-order valence-electron chi connectivity index (χ0n) is 18.6. The minimum absolute atomic E-state index is 0.0660. The minimum atomic E-state index is -1.23. The van der Waals surface area contributed by atoms with Crippen LogP contribution in [0.5, 0.6) is 0 Å². The Morgan fingerprint density at radius 2 is 1.71 bits per heavy atom. The van der Waals surface area contributed by atoms with Gasteiger partial charge in [0.15, 0.2) is 11.9 Å². The summed E-state index contributed by atoms with van der Waals surface area (Å²) in [7, 11) is 2.84. The first-order chi connectivity index (χ1) is 16.4. The highest BCUT2D eigenvalue weighted by atomic mass is 16.5. The molecule has 34 heavy (non-hydrogen) atoms. The summed E-state index contributed by atoms with van der Waals surface area (Å²) in [6.45, 7) is -0.0544. The molecular weight excluding hydrogens is 440 g/mol. The highest BCUT2D eigenvalue weighted by Crippen LogP contribution is 2.44. The summed E-state index contributed by atoms with van der Waals surface area (Å²) in [5.41, 5.74) is 4.51. The van der Waals surface area contributed by atoms with E-state index in [9.17, 15) is 19.5 Å². The Bertz CT molecular complexity index is 1190. The van der Waals surface area contributed by atoms with Crippen LogP contribution in [0.1, 0.15) is 27.5 Å². The number of anilines is 1. The third kappa shape index (κ3) is 4.62. The Balaban J connectivity index is 1.40. The first-order valence-electron chi connectivity index (χ1n) is 10.6. The molecule has 1 unspecified atom stereocenters. The van der Waals surface area contributed by atoms with Gasteiger partial charge in [0.2, 0.25) is 0 Å². The summed E-state index contributed by atoms with van der Waals surface area (Å²) in [6.07, 6.45) is -0.713. The molecule has 10 heteroatoms. The molecule has 1 aliphatic carbocycles. The average Bonchev–Trinajstić information content (AvgIpc) is 3.34. The lowest BCUT2D eigenvalue weighted by Crippen LogP contribution is -2.44. The molecule has 3 aromatic rings. The number of ether oxygens (including phenoxy) is 2. The van der Waals surface area contributed by atoms with Crippen LogP contribution in [0.25, 0.3) is 11.1 Å². The number of benzene rings is 2. The van der Waals surface area contributed by atoms with E-state index in [1.165, 1.54) is 24.9 Å². The molecule has 1 aromatic heterocycles. The fourth-order valence-electron chi connectivity index (χ4n) is 4.05. The number of rotatable bonds is 8. The van der Waals surface area contributed by atoms with Crippen molar-refractivity contribution < 1.29 is 29.0 Å². The van der Waals surface area contributed by atoms with Gasteiger partial charge in [-0.05, 0) is 22.3 Å². The Morgan fingerprint density at radius 3 is 2.29 bits per heavy atom. The molecule has 0 spiro atoms. The number of carbonyl (C=O) groups is 3. The number of aryl methyl sites for hydroxylation is 1. The van der Waals surface area contributed by atoms with Gasteiger partial charge >= 0.3 is 12.1 Å². The number of amides is 2. The largest absolute Gasteiger partial charge is 0.480 e. The molecule has 1 aliphatic rings. The molecule has 0 aliphatic heterocycles. The summed E-state index contributed by atoms with van der Waals surface area (Å²) >= 11 is 0. The van der Waals surface area contributed by atoms with Gasteiger partial charge in [0.25, 0.3) is 5.91 Å². The van der Waals surface area contributed by atoms with E-state index < -0.39 is 24.0 Å². The summed E-state index contributed by atoms with van der Waals surface area (Å²) in [5, 5.41) is 18.1. The topological polar surface area (TPSA) is 132 Å². The Morgan fingerprint density at radius 1 is 1.09 bits per heavy atom. The first-order valence-corrected chi connectivity index (χ1v) is 10.6. The van der Waals surface area contributed by atoms with Crippen molar-refractivity contribution in [2.45, 2.75) is 12.0 Å². The van der Waals surface area contributed by atoms with Crippen molar-refractivity contribution in [2.24, 2.45) is 7.05 Å². The molecule has 2 aromatic carbocycles. The second-order valence-electron chi connectivity index (χ2n) is 7.81. The number of aromatic nitrogens is 2. The molecule has 176 valence electrons. The number of carboxylic acids is 1. The van der Waals surface area contributed by atoms with Crippen molar-refractivity contribution in [3.8, 4) is 11.1 Å². The van der Waals surface area contributed by atoms with Gasteiger partial charge in [-0.3, -0.25) is 14.8 Å². The van der Waals surface area contributed by atoms with E-state index in [1.807, 2.05) is 36.4 Å². The smallest absolute Gasteiger partial charge is 0.412 e. The number of hydrogen-bond acceptors (Lipinski definition) is 6. The molecule has 0 fully saturated rings. The van der Waals surface area contributed by atoms with Crippen LogP contribution in [-0.4, -0.2) is 59.2 Å². The van der Waals surface area contributed by atoms with Crippen LogP contribution in [0, 0.1) is 0 Å². The average molecular weight is 464 g/mol. The lowest BCUT2D eigenvalue weighted by atomic mass is 9.98. The number of aliphatic carboxylic acids is 1. The number of nitrogens with one attached hydrogen (secondary N) is 2. The van der Waals surface area contributed by atoms with E-state index in [-0.39, 0.29) is 30.6 Å². The van der Waals surface area contributed by atoms with E-state index in [0.717, 1.165) is 22.3 Å². The summed E-state index contributed by atoms with van der Waals surface area (Å²) in [5.74, 6) is -1.88. The summed E-state index contributed by atoms with van der Waals surface area (Å²) in [6, 6.07) is 16.2. The molecular formula is C24H24N4O6. The van der Waals surface area contributed by atoms with E-state index in [4.69, 9.17) is 9.47 Å². The molecule has 2 amide bonds. The number of hydrogen-bond donors (Lipinski definition) is 3. The van der Waals surface area contributed by atoms with Gasteiger partial charge < -0.3 is 19.9 Å². The lowest BCUT2D eigenvalue weighted by molar-refractivity contribution is -0.140. The van der Waals surface area contributed by atoms with Crippen LogP contribution in [0.2, 0.25) is 0 Å². The number of nitrogens with zero attached hydrogens (tertiary/aromatic N) is 2. The number of carbonyl (C=O) groups excluding carboxylic acids is 2. The zero-order valence-corrected chi connectivity index (χ0v) is 18.6. The number of carboxylic acid groups (broad SMARTS) is 1. The fraction of sp³-hybridized carbons (Fsp3) is 0.250. The molecule has 0 radical (unpaired) electrons. The highest BCUT2D eigenvalue weighted by molar-refractivity contribution is 5.96. The molecule has 0 saturated carbocycles. The maximum atomic E-state index is 12.5. The van der Waals surface area contributed by atoms with Gasteiger partial charge in [0.05, 0.1) is 6.61 Å².